The number of hydrogen-bond acceptors (Lipinski definition) is 4. The largest absolute Gasteiger partial charge is 0.297 e. The lowest BCUT2D eigenvalue weighted by Gasteiger charge is -2.07. The fourth-order valence-corrected chi connectivity index (χ4v) is 3.39. The molecule has 0 radical (unpaired) electrons. The topological polar surface area (TPSA) is 96.3 Å². The highest BCUT2D eigenvalue weighted by Gasteiger charge is 2.19. The van der Waals surface area contributed by atoms with Crippen molar-refractivity contribution < 1.29 is 12.8 Å². The summed E-state index contributed by atoms with van der Waals surface area (Å²) >= 11 is 0. The maximum absolute atomic E-state index is 13.6. The number of benzene rings is 1. The van der Waals surface area contributed by atoms with Crippen molar-refractivity contribution in [2.75, 3.05) is 4.72 Å². The van der Waals surface area contributed by atoms with Crippen LogP contribution in [0.15, 0.2) is 40.2 Å². The van der Waals surface area contributed by atoms with E-state index in [-0.39, 0.29) is 16.1 Å². The van der Waals surface area contributed by atoms with Crippen molar-refractivity contribution in [1.29, 1.82) is 0 Å². The first kappa shape index (κ1) is 16.2. The minimum atomic E-state index is -3.96. The molecule has 2 aromatic heterocycles. The number of aromatic amines is 1. The van der Waals surface area contributed by atoms with Crippen LogP contribution in [-0.2, 0) is 16.4 Å². The molecule has 0 aliphatic rings. The second-order valence-corrected chi connectivity index (χ2v) is 7.01. The third-order valence-corrected chi connectivity index (χ3v) is 4.99. The maximum Gasteiger partial charge on any atom is 0.288 e. The third-order valence-electron chi connectivity index (χ3n) is 3.64. The van der Waals surface area contributed by atoms with E-state index in [9.17, 15) is 17.6 Å². The van der Waals surface area contributed by atoms with E-state index in [0.717, 1.165) is 6.07 Å². The van der Waals surface area contributed by atoms with Crippen LogP contribution in [0, 0.1) is 12.7 Å². The van der Waals surface area contributed by atoms with E-state index in [1.54, 1.807) is 6.92 Å². The Kier molecular flexibility index (Phi) is 3.88. The van der Waals surface area contributed by atoms with Crippen molar-refractivity contribution in [1.82, 2.24) is 14.6 Å². The molecular weight excluding hydrogens is 335 g/mol. The highest BCUT2D eigenvalue weighted by Crippen LogP contribution is 2.20. The van der Waals surface area contributed by atoms with Gasteiger partial charge in [-0.25, -0.2) is 17.9 Å². The van der Waals surface area contributed by atoms with Gasteiger partial charge < -0.3 is 0 Å². The van der Waals surface area contributed by atoms with Gasteiger partial charge in [-0.05, 0) is 30.7 Å². The molecule has 24 heavy (non-hydrogen) atoms. The second-order valence-electron chi connectivity index (χ2n) is 5.32. The van der Waals surface area contributed by atoms with E-state index in [4.69, 9.17) is 0 Å². The van der Waals surface area contributed by atoms with Crippen LogP contribution in [0.5, 0.6) is 0 Å². The minimum absolute atomic E-state index is 0.100. The predicted molar refractivity (Wildman–Crippen MR) is 87.1 cm³/mol. The van der Waals surface area contributed by atoms with Gasteiger partial charge in [0.2, 0.25) is 0 Å². The van der Waals surface area contributed by atoms with E-state index in [2.05, 4.69) is 14.9 Å². The highest BCUT2D eigenvalue weighted by atomic mass is 32.2. The average molecular weight is 350 g/mol. The van der Waals surface area contributed by atoms with Crippen LogP contribution >= 0.6 is 0 Å². The number of fused-ring (bicyclic) bond motifs is 1. The van der Waals surface area contributed by atoms with Crippen molar-refractivity contribution in [2.24, 2.45) is 0 Å². The molecule has 0 aliphatic carbocycles. The molecule has 3 rings (SSSR count). The molecule has 0 aliphatic heterocycles. The number of sulfonamides is 1. The van der Waals surface area contributed by atoms with Gasteiger partial charge in [0, 0.05) is 12.6 Å². The van der Waals surface area contributed by atoms with E-state index in [1.165, 1.54) is 28.8 Å². The lowest BCUT2D eigenvalue weighted by molar-refractivity contribution is 0.601. The van der Waals surface area contributed by atoms with Crippen LogP contribution in [0.2, 0.25) is 0 Å². The number of aryl methyl sites for hydroxylation is 2. The molecule has 126 valence electrons. The molecule has 0 spiro atoms. The Morgan fingerprint density at radius 2 is 2.08 bits per heavy atom. The molecule has 0 saturated heterocycles. The van der Waals surface area contributed by atoms with Crippen molar-refractivity contribution in [2.45, 2.75) is 25.2 Å². The van der Waals surface area contributed by atoms with Crippen LogP contribution in [0.3, 0.4) is 0 Å². The van der Waals surface area contributed by atoms with Gasteiger partial charge in [-0.15, -0.1) is 0 Å². The van der Waals surface area contributed by atoms with E-state index in [0.29, 0.717) is 17.8 Å². The predicted octanol–water partition coefficient (Wildman–Crippen LogP) is 1.83. The fraction of sp³-hybridized carbons (Fsp3) is 0.200. The van der Waals surface area contributed by atoms with E-state index in [1.807, 2.05) is 6.92 Å². The number of halogens is 1. The Bertz CT molecular complexity index is 1090. The number of aromatic nitrogens is 3. The molecule has 3 aromatic rings. The van der Waals surface area contributed by atoms with E-state index < -0.39 is 21.4 Å². The average Bonchev–Trinajstić information content (AvgIpc) is 2.98. The second kappa shape index (κ2) is 5.75. The normalized spacial score (nSPS) is 11.8. The number of H-pyrrole nitrogens is 1. The van der Waals surface area contributed by atoms with Crippen molar-refractivity contribution in [3.8, 4) is 0 Å². The van der Waals surface area contributed by atoms with Gasteiger partial charge in [0.25, 0.3) is 15.6 Å². The number of nitrogens with one attached hydrogen (secondary N) is 2. The summed E-state index contributed by atoms with van der Waals surface area (Å²) in [6.07, 6.45) is 1.83. The first-order valence-electron chi connectivity index (χ1n) is 7.20. The molecule has 7 nitrogen and oxygen atoms in total. The van der Waals surface area contributed by atoms with Crippen LogP contribution in [0.1, 0.15) is 18.3 Å². The summed E-state index contributed by atoms with van der Waals surface area (Å²) < 4.78 is 42.3. The molecule has 0 atom stereocenters. The first-order chi connectivity index (χ1) is 11.3. The molecule has 0 unspecified atom stereocenters. The molecule has 0 saturated carbocycles. The summed E-state index contributed by atoms with van der Waals surface area (Å²) in [5.41, 5.74) is 0.209. The first-order valence-corrected chi connectivity index (χ1v) is 8.69. The number of hydrogen-bond donors (Lipinski definition) is 2. The van der Waals surface area contributed by atoms with Gasteiger partial charge in [0.15, 0.2) is 0 Å². The summed E-state index contributed by atoms with van der Waals surface area (Å²) in [6, 6.07) is 5.31. The Morgan fingerprint density at radius 3 is 2.75 bits per heavy atom. The zero-order valence-electron chi connectivity index (χ0n) is 13.0. The van der Waals surface area contributed by atoms with Crippen LogP contribution < -0.4 is 10.3 Å². The van der Waals surface area contributed by atoms with Crippen molar-refractivity contribution in [3.05, 3.63) is 58.0 Å². The smallest absolute Gasteiger partial charge is 0.288 e. The summed E-state index contributed by atoms with van der Waals surface area (Å²) in [6.45, 7) is 3.42. The molecule has 2 heterocycles. The molecule has 0 amide bonds. The Morgan fingerprint density at radius 1 is 1.33 bits per heavy atom. The summed E-state index contributed by atoms with van der Waals surface area (Å²) in [7, 11) is -3.96. The fourth-order valence-electron chi connectivity index (χ4n) is 2.32. The zero-order chi connectivity index (χ0) is 17.5. The number of nitrogens with zero attached hydrogens (tertiary/aromatic N) is 2. The van der Waals surface area contributed by atoms with Crippen molar-refractivity contribution >= 4 is 21.2 Å². The quantitative estimate of drug-likeness (QED) is 0.750. The molecular formula is C15H15FN4O3S. The standard InChI is InChI=1S/C15H15FN4O3S/c1-3-14-17-18-15(21)13-7-11(8-20(13)14)24(22,23)19-10-5-4-9(2)12(16)6-10/h4-8,19H,3H2,1-2H3,(H,18,21). The Hall–Kier alpha value is -2.68. The van der Waals surface area contributed by atoms with Gasteiger partial charge in [0.1, 0.15) is 22.1 Å². The number of rotatable bonds is 4. The summed E-state index contributed by atoms with van der Waals surface area (Å²) in [5, 5.41) is 6.22. The van der Waals surface area contributed by atoms with Crippen LogP contribution in [0.4, 0.5) is 10.1 Å². The molecule has 1 aromatic carbocycles. The molecule has 0 fully saturated rings. The van der Waals surface area contributed by atoms with Gasteiger partial charge >= 0.3 is 0 Å². The summed E-state index contributed by atoms with van der Waals surface area (Å²) in [5.74, 6) is 0.0126. The Labute approximate surface area is 137 Å². The SMILES string of the molecule is CCc1n[nH]c(=O)c2cc(S(=O)(=O)Nc3ccc(C)c(F)c3)cn12. The third kappa shape index (κ3) is 2.78. The van der Waals surface area contributed by atoms with Gasteiger partial charge in [-0.2, -0.15) is 5.10 Å². The lowest BCUT2D eigenvalue weighted by Crippen LogP contribution is -2.14. The molecule has 0 bridgehead atoms. The minimum Gasteiger partial charge on any atom is -0.297 e. The highest BCUT2D eigenvalue weighted by molar-refractivity contribution is 7.92. The maximum atomic E-state index is 13.6. The Balaban J connectivity index is 2.06. The molecule has 2 N–H and O–H groups in total. The molecule has 9 heteroatoms. The number of anilines is 1. The van der Waals surface area contributed by atoms with Gasteiger partial charge in [-0.3, -0.25) is 13.9 Å². The van der Waals surface area contributed by atoms with Crippen LogP contribution in [0.25, 0.3) is 5.52 Å². The monoisotopic (exact) mass is 350 g/mol. The van der Waals surface area contributed by atoms with Gasteiger partial charge in [0.05, 0.1) is 5.69 Å². The summed E-state index contributed by atoms with van der Waals surface area (Å²) in [4.78, 5) is 11.7. The zero-order valence-corrected chi connectivity index (χ0v) is 13.8. The van der Waals surface area contributed by atoms with Crippen LogP contribution in [-0.4, -0.2) is 23.0 Å². The van der Waals surface area contributed by atoms with E-state index >= 15 is 0 Å². The van der Waals surface area contributed by atoms with Gasteiger partial charge in [-0.1, -0.05) is 13.0 Å². The van der Waals surface area contributed by atoms with Crippen molar-refractivity contribution in [3.63, 3.8) is 0 Å². The lowest BCUT2D eigenvalue weighted by atomic mass is 10.2.